The molecule has 0 aromatic heterocycles. The summed E-state index contributed by atoms with van der Waals surface area (Å²) in [4.78, 5) is 17.9. The topological polar surface area (TPSA) is 92.0 Å². The van der Waals surface area contributed by atoms with E-state index >= 15 is 0 Å². The minimum absolute atomic E-state index is 0.124. The molecule has 0 unspecified atom stereocenters. The Morgan fingerprint density at radius 3 is 2.89 bits per heavy atom. The predicted octanol–water partition coefficient (Wildman–Crippen LogP) is 1.26. The maximum atomic E-state index is 10.8. The van der Waals surface area contributed by atoms with Gasteiger partial charge in [-0.2, -0.15) is 0 Å². The van der Waals surface area contributed by atoms with E-state index in [1.54, 1.807) is 6.07 Å². The molecule has 27 heavy (non-hydrogen) atoms. The lowest BCUT2D eigenvalue weighted by Crippen LogP contribution is -2.48. The van der Waals surface area contributed by atoms with Crippen LogP contribution in [0.1, 0.15) is 25.3 Å². The van der Waals surface area contributed by atoms with Crippen LogP contribution in [0.5, 0.6) is 5.75 Å². The first-order valence-electron chi connectivity index (χ1n) is 9.48. The van der Waals surface area contributed by atoms with Crippen LogP contribution >= 0.6 is 0 Å². The van der Waals surface area contributed by atoms with Crippen LogP contribution in [0.25, 0.3) is 0 Å². The second kappa shape index (κ2) is 11.2. The monoisotopic (exact) mass is 373 g/mol. The fourth-order valence-corrected chi connectivity index (χ4v) is 3.01. The SMILES string of the molecule is C=CCN1CCC(NC(=NCc2cccc(OCC(N)=O)c2)NCC)CC1. The third kappa shape index (κ3) is 7.70. The highest BCUT2D eigenvalue weighted by molar-refractivity contribution is 5.80. The molecule has 0 bridgehead atoms. The van der Waals surface area contributed by atoms with Crippen LogP contribution in [-0.4, -0.2) is 55.6 Å². The van der Waals surface area contributed by atoms with Gasteiger partial charge in [0, 0.05) is 32.2 Å². The molecule has 7 heteroatoms. The van der Waals surface area contributed by atoms with Gasteiger partial charge in [0.25, 0.3) is 5.91 Å². The molecule has 1 aliphatic rings. The first-order valence-corrected chi connectivity index (χ1v) is 9.48. The second-order valence-corrected chi connectivity index (χ2v) is 6.61. The van der Waals surface area contributed by atoms with E-state index in [1.165, 1.54) is 0 Å². The van der Waals surface area contributed by atoms with Gasteiger partial charge in [-0.1, -0.05) is 18.2 Å². The van der Waals surface area contributed by atoms with Crippen LogP contribution in [-0.2, 0) is 11.3 Å². The van der Waals surface area contributed by atoms with E-state index in [9.17, 15) is 4.79 Å². The fraction of sp³-hybridized carbons (Fsp3) is 0.500. The maximum Gasteiger partial charge on any atom is 0.255 e. The van der Waals surface area contributed by atoms with Gasteiger partial charge in [-0.3, -0.25) is 9.69 Å². The Kier molecular flexibility index (Phi) is 8.64. The minimum Gasteiger partial charge on any atom is -0.484 e. The van der Waals surface area contributed by atoms with Crippen LogP contribution in [0.3, 0.4) is 0 Å². The molecule has 2 rings (SSSR count). The van der Waals surface area contributed by atoms with E-state index in [0.29, 0.717) is 18.3 Å². The first-order chi connectivity index (χ1) is 13.1. The molecule has 1 amide bonds. The fourth-order valence-electron chi connectivity index (χ4n) is 3.01. The molecule has 148 valence electrons. The van der Waals surface area contributed by atoms with Gasteiger partial charge in [0.05, 0.1) is 6.54 Å². The first kappa shape index (κ1) is 20.8. The average Bonchev–Trinajstić information content (AvgIpc) is 2.67. The molecule has 0 radical (unpaired) electrons. The zero-order valence-electron chi connectivity index (χ0n) is 16.1. The summed E-state index contributed by atoms with van der Waals surface area (Å²) in [6.07, 6.45) is 4.14. The maximum absolute atomic E-state index is 10.8. The van der Waals surface area contributed by atoms with Crippen molar-refractivity contribution in [2.75, 3.05) is 32.8 Å². The molecule has 1 saturated heterocycles. The van der Waals surface area contributed by atoms with E-state index in [0.717, 1.165) is 50.5 Å². The number of aliphatic imine (C=N–C) groups is 1. The molecule has 1 heterocycles. The van der Waals surface area contributed by atoms with Gasteiger partial charge in [-0.15, -0.1) is 6.58 Å². The quantitative estimate of drug-likeness (QED) is 0.344. The van der Waals surface area contributed by atoms with Crippen LogP contribution in [0.15, 0.2) is 41.9 Å². The number of ether oxygens (including phenoxy) is 1. The van der Waals surface area contributed by atoms with Crippen molar-refractivity contribution < 1.29 is 9.53 Å². The number of hydrogen-bond acceptors (Lipinski definition) is 4. The normalized spacial score (nSPS) is 16.0. The number of nitrogens with zero attached hydrogens (tertiary/aromatic N) is 2. The zero-order chi connectivity index (χ0) is 19.5. The van der Waals surface area contributed by atoms with E-state index in [4.69, 9.17) is 10.5 Å². The van der Waals surface area contributed by atoms with Crippen LogP contribution in [0, 0.1) is 0 Å². The standard InChI is InChI=1S/C20H31N5O2/c1-3-10-25-11-8-17(9-12-25)24-20(22-4-2)23-14-16-6-5-7-18(13-16)27-15-19(21)26/h3,5-7,13,17H,1,4,8-12,14-15H2,2H3,(H2,21,26)(H2,22,23,24). The van der Waals surface area contributed by atoms with Gasteiger partial charge in [0.1, 0.15) is 5.75 Å². The van der Waals surface area contributed by atoms with E-state index in [1.807, 2.05) is 24.3 Å². The van der Waals surface area contributed by atoms with Gasteiger partial charge in [-0.05, 0) is 37.5 Å². The third-order valence-electron chi connectivity index (χ3n) is 4.36. The average molecular weight is 374 g/mol. The Morgan fingerprint density at radius 1 is 1.44 bits per heavy atom. The molecule has 1 fully saturated rings. The lowest BCUT2D eigenvalue weighted by Gasteiger charge is -2.32. The Hall–Kier alpha value is -2.54. The number of benzene rings is 1. The molecule has 1 aromatic carbocycles. The summed E-state index contributed by atoms with van der Waals surface area (Å²) >= 11 is 0. The van der Waals surface area contributed by atoms with Crippen LogP contribution in [0.4, 0.5) is 0 Å². The summed E-state index contributed by atoms with van der Waals surface area (Å²) in [5.41, 5.74) is 6.12. The van der Waals surface area contributed by atoms with Crippen molar-refractivity contribution in [2.45, 2.75) is 32.4 Å². The highest BCUT2D eigenvalue weighted by Crippen LogP contribution is 2.14. The summed E-state index contributed by atoms with van der Waals surface area (Å²) in [5.74, 6) is 0.952. The number of piperidine rings is 1. The predicted molar refractivity (Wildman–Crippen MR) is 109 cm³/mol. The van der Waals surface area contributed by atoms with Gasteiger partial charge in [0.2, 0.25) is 0 Å². The van der Waals surface area contributed by atoms with Gasteiger partial charge >= 0.3 is 0 Å². The van der Waals surface area contributed by atoms with Crippen LogP contribution in [0.2, 0.25) is 0 Å². The summed E-state index contributed by atoms with van der Waals surface area (Å²) in [6.45, 7) is 10.2. The van der Waals surface area contributed by atoms with Crippen molar-refractivity contribution >= 4 is 11.9 Å². The summed E-state index contributed by atoms with van der Waals surface area (Å²) in [6, 6.07) is 7.98. The highest BCUT2D eigenvalue weighted by Gasteiger charge is 2.19. The molecular formula is C20H31N5O2. The number of hydrogen-bond donors (Lipinski definition) is 3. The van der Waals surface area contributed by atoms with Gasteiger partial charge in [0.15, 0.2) is 12.6 Å². The smallest absolute Gasteiger partial charge is 0.255 e. The highest BCUT2D eigenvalue weighted by atomic mass is 16.5. The molecule has 7 nitrogen and oxygen atoms in total. The Morgan fingerprint density at radius 2 is 2.22 bits per heavy atom. The molecule has 0 atom stereocenters. The molecule has 1 aliphatic heterocycles. The van der Waals surface area contributed by atoms with Gasteiger partial charge < -0.3 is 21.1 Å². The summed E-state index contributed by atoms with van der Waals surface area (Å²) < 4.78 is 5.35. The second-order valence-electron chi connectivity index (χ2n) is 6.61. The van der Waals surface area contributed by atoms with Crippen molar-refractivity contribution in [3.63, 3.8) is 0 Å². The number of primary amides is 1. The number of nitrogens with one attached hydrogen (secondary N) is 2. The molecule has 1 aromatic rings. The number of nitrogens with two attached hydrogens (primary N) is 1. The van der Waals surface area contributed by atoms with Crippen LogP contribution < -0.4 is 21.1 Å². The van der Waals surface area contributed by atoms with E-state index in [-0.39, 0.29) is 6.61 Å². The van der Waals surface area contributed by atoms with Gasteiger partial charge in [-0.25, -0.2) is 4.99 Å². The van der Waals surface area contributed by atoms with E-state index in [2.05, 4.69) is 34.0 Å². The number of amides is 1. The number of carbonyl (C=O) groups excluding carboxylic acids is 1. The van der Waals surface area contributed by atoms with Crippen molar-refractivity contribution in [3.05, 3.63) is 42.5 Å². The molecule has 0 aliphatic carbocycles. The minimum atomic E-state index is -0.490. The van der Waals surface area contributed by atoms with Crippen molar-refractivity contribution in [1.82, 2.24) is 15.5 Å². The molecule has 0 spiro atoms. The molecule has 4 N–H and O–H groups in total. The number of likely N-dealkylation sites (tertiary alicyclic amines) is 1. The van der Waals surface area contributed by atoms with Crippen molar-refractivity contribution in [2.24, 2.45) is 10.7 Å². The Bertz CT molecular complexity index is 639. The molecule has 0 saturated carbocycles. The number of carbonyl (C=O) groups is 1. The lowest BCUT2D eigenvalue weighted by molar-refractivity contribution is -0.119. The summed E-state index contributed by atoms with van der Waals surface area (Å²) in [7, 11) is 0. The number of rotatable bonds is 9. The van der Waals surface area contributed by atoms with Crippen molar-refractivity contribution in [1.29, 1.82) is 0 Å². The Labute approximate surface area is 161 Å². The van der Waals surface area contributed by atoms with Crippen molar-refractivity contribution in [3.8, 4) is 5.75 Å². The zero-order valence-corrected chi connectivity index (χ0v) is 16.1. The third-order valence-corrected chi connectivity index (χ3v) is 4.36. The Balaban J connectivity index is 1.90. The number of guanidine groups is 1. The van der Waals surface area contributed by atoms with E-state index < -0.39 is 5.91 Å². The molecular weight excluding hydrogens is 342 g/mol. The summed E-state index contributed by atoms with van der Waals surface area (Å²) in [5, 5.41) is 6.85. The largest absolute Gasteiger partial charge is 0.484 e. The lowest BCUT2D eigenvalue weighted by atomic mass is 10.1.